The zero-order valence-electron chi connectivity index (χ0n) is 14.6. The molecule has 1 aromatic heterocycles. The summed E-state index contributed by atoms with van der Waals surface area (Å²) in [5.41, 5.74) is 1.13. The van der Waals surface area contributed by atoms with Crippen LogP contribution in [0.25, 0.3) is 33.5 Å². The van der Waals surface area contributed by atoms with Crippen LogP contribution in [-0.4, -0.2) is 9.97 Å². The lowest BCUT2D eigenvalue weighted by Crippen LogP contribution is -2.04. The van der Waals surface area contributed by atoms with Crippen molar-refractivity contribution >= 4 is 11.0 Å². The molecule has 0 spiro atoms. The lowest BCUT2D eigenvalue weighted by atomic mass is 10.0. The molecule has 1 heterocycles. The maximum atomic E-state index is 12.8. The van der Waals surface area contributed by atoms with Crippen molar-refractivity contribution in [1.29, 1.82) is 0 Å². The van der Waals surface area contributed by atoms with Crippen LogP contribution in [0, 0.1) is 0 Å². The van der Waals surface area contributed by atoms with E-state index in [1.165, 1.54) is 18.2 Å². The highest BCUT2D eigenvalue weighted by Crippen LogP contribution is 2.33. The predicted octanol–water partition coefficient (Wildman–Crippen LogP) is 6.93. The van der Waals surface area contributed by atoms with Gasteiger partial charge in [0, 0.05) is 5.56 Å². The van der Waals surface area contributed by atoms with Gasteiger partial charge in [0.15, 0.2) is 0 Å². The first kappa shape index (κ1) is 19.0. The Labute approximate surface area is 160 Å². The molecule has 2 nitrogen and oxygen atoms in total. The van der Waals surface area contributed by atoms with Crippen molar-refractivity contribution in [3.63, 3.8) is 0 Å². The van der Waals surface area contributed by atoms with Crippen molar-refractivity contribution in [2.45, 2.75) is 12.4 Å². The molecule has 0 unspecified atom stereocenters. The van der Waals surface area contributed by atoms with Crippen molar-refractivity contribution in [2.75, 3.05) is 0 Å². The van der Waals surface area contributed by atoms with Crippen LogP contribution in [0.3, 0.4) is 0 Å². The molecule has 0 fully saturated rings. The molecule has 0 aliphatic carbocycles. The summed E-state index contributed by atoms with van der Waals surface area (Å²) in [6, 6.07) is 14.9. The standard InChI is InChI=1S/C21H12F6N2/c22-20(23,24)15-7-5-13(6-8-15)12-1-3-14(4-2-12)19-28-17-10-9-16(21(25,26)27)11-18(17)29-19/h1-11H,(H,28,29). The molecule has 0 atom stereocenters. The number of hydrogen-bond donors (Lipinski definition) is 1. The van der Waals surface area contributed by atoms with Gasteiger partial charge in [-0.2, -0.15) is 26.3 Å². The molecule has 0 bridgehead atoms. The smallest absolute Gasteiger partial charge is 0.338 e. The van der Waals surface area contributed by atoms with Crippen LogP contribution in [0.2, 0.25) is 0 Å². The Balaban J connectivity index is 1.62. The van der Waals surface area contributed by atoms with Gasteiger partial charge in [-0.25, -0.2) is 4.98 Å². The average molecular weight is 406 g/mol. The topological polar surface area (TPSA) is 28.7 Å². The minimum absolute atomic E-state index is 0.196. The summed E-state index contributed by atoms with van der Waals surface area (Å²) in [5, 5.41) is 0. The van der Waals surface area contributed by atoms with E-state index < -0.39 is 23.5 Å². The molecule has 0 aliphatic rings. The van der Waals surface area contributed by atoms with Crippen LogP contribution in [0.1, 0.15) is 11.1 Å². The van der Waals surface area contributed by atoms with Gasteiger partial charge in [0.05, 0.1) is 22.2 Å². The highest BCUT2D eigenvalue weighted by Gasteiger charge is 2.31. The Morgan fingerprint density at radius 1 is 0.586 bits per heavy atom. The van der Waals surface area contributed by atoms with E-state index in [1.807, 2.05) is 0 Å². The van der Waals surface area contributed by atoms with Crippen molar-refractivity contribution in [3.8, 4) is 22.5 Å². The van der Waals surface area contributed by atoms with Crippen molar-refractivity contribution in [2.24, 2.45) is 0 Å². The van der Waals surface area contributed by atoms with Gasteiger partial charge in [0.25, 0.3) is 0 Å². The van der Waals surface area contributed by atoms with Crippen LogP contribution in [0.15, 0.2) is 66.7 Å². The zero-order chi connectivity index (χ0) is 20.8. The summed E-state index contributed by atoms with van der Waals surface area (Å²) in [6.07, 6.45) is -8.84. The highest BCUT2D eigenvalue weighted by atomic mass is 19.4. The Bertz CT molecular complexity index is 1150. The predicted molar refractivity (Wildman–Crippen MR) is 97.0 cm³/mol. The summed E-state index contributed by atoms with van der Waals surface area (Å²) in [6.45, 7) is 0. The van der Waals surface area contributed by atoms with Crippen LogP contribution >= 0.6 is 0 Å². The van der Waals surface area contributed by atoms with E-state index in [2.05, 4.69) is 9.97 Å². The lowest BCUT2D eigenvalue weighted by Gasteiger charge is -2.08. The number of benzene rings is 3. The maximum absolute atomic E-state index is 12.8. The van der Waals surface area contributed by atoms with E-state index in [4.69, 9.17) is 0 Å². The second-order valence-electron chi connectivity index (χ2n) is 6.47. The van der Waals surface area contributed by atoms with Gasteiger partial charge in [0.1, 0.15) is 5.82 Å². The molecule has 0 radical (unpaired) electrons. The van der Waals surface area contributed by atoms with Gasteiger partial charge in [-0.15, -0.1) is 0 Å². The Morgan fingerprint density at radius 3 is 1.62 bits per heavy atom. The summed E-state index contributed by atoms with van der Waals surface area (Å²) < 4.78 is 76.5. The number of nitrogens with zero attached hydrogens (tertiary/aromatic N) is 1. The normalized spacial score (nSPS) is 12.5. The van der Waals surface area contributed by atoms with Crippen molar-refractivity contribution < 1.29 is 26.3 Å². The Morgan fingerprint density at radius 2 is 1.07 bits per heavy atom. The molecule has 0 aliphatic heterocycles. The number of halogens is 6. The van der Waals surface area contributed by atoms with Gasteiger partial charge in [0.2, 0.25) is 0 Å². The minimum Gasteiger partial charge on any atom is -0.338 e. The lowest BCUT2D eigenvalue weighted by molar-refractivity contribution is -0.138. The largest absolute Gasteiger partial charge is 0.416 e. The fourth-order valence-corrected chi connectivity index (χ4v) is 2.99. The van der Waals surface area contributed by atoms with Gasteiger partial charge in [-0.1, -0.05) is 36.4 Å². The summed E-state index contributed by atoms with van der Waals surface area (Å²) in [5.74, 6) is 0.401. The first-order chi connectivity index (χ1) is 13.6. The first-order valence-corrected chi connectivity index (χ1v) is 8.46. The van der Waals surface area contributed by atoms with Crippen LogP contribution in [0.4, 0.5) is 26.3 Å². The summed E-state index contributed by atoms with van der Waals surface area (Å²) in [4.78, 5) is 7.19. The van der Waals surface area contributed by atoms with Crippen molar-refractivity contribution in [1.82, 2.24) is 9.97 Å². The number of fused-ring (bicyclic) bond motifs is 1. The maximum Gasteiger partial charge on any atom is 0.416 e. The van der Waals surface area contributed by atoms with Crippen LogP contribution in [0.5, 0.6) is 0 Å². The molecule has 4 rings (SSSR count). The van der Waals surface area contributed by atoms with E-state index >= 15 is 0 Å². The Hall–Kier alpha value is -3.29. The molecule has 0 amide bonds. The van der Waals surface area contributed by atoms with Gasteiger partial charge >= 0.3 is 12.4 Å². The van der Waals surface area contributed by atoms with Crippen LogP contribution < -0.4 is 0 Å². The number of aromatic amines is 1. The quantitative estimate of drug-likeness (QED) is 0.359. The minimum atomic E-state index is -4.45. The number of nitrogens with one attached hydrogen (secondary N) is 1. The monoisotopic (exact) mass is 406 g/mol. The summed E-state index contributed by atoms with van der Waals surface area (Å²) in [7, 11) is 0. The van der Waals surface area contributed by atoms with E-state index in [0.29, 0.717) is 28.0 Å². The van der Waals surface area contributed by atoms with Crippen LogP contribution in [-0.2, 0) is 12.4 Å². The second kappa shape index (κ2) is 6.65. The molecule has 1 N–H and O–H groups in total. The molecule has 4 aromatic rings. The fourth-order valence-electron chi connectivity index (χ4n) is 2.99. The SMILES string of the molecule is FC(F)(F)c1ccc(-c2ccc(-c3nc4cc(C(F)(F)F)ccc4[nH]3)cc2)cc1. The molecule has 0 saturated carbocycles. The number of aromatic nitrogens is 2. The second-order valence-corrected chi connectivity index (χ2v) is 6.47. The number of hydrogen-bond acceptors (Lipinski definition) is 1. The molecule has 0 saturated heterocycles. The third kappa shape index (κ3) is 3.83. The molecule has 148 valence electrons. The van der Waals surface area contributed by atoms with Gasteiger partial charge in [-0.3, -0.25) is 0 Å². The number of H-pyrrole nitrogens is 1. The van der Waals surface area contributed by atoms with Gasteiger partial charge in [-0.05, 0) is 41.5 Å². The Kier molecular flexibility index (Phi) is 4.37. The van der Waals surface area contributed by atoms with E-state index in [-0.39, 0.29) is 5.52 Å². The van der Waals surface area contributed by atoms with Crippen molar-refractivity contribution in [3.05, 3.63) is 77.9 Å². The highest BCUT2D eigenvalue weighted by molar-refractivity contribution is 5.80. The third-order valence-electron chi connectivity index (χ3n) is 4.51. The third-order valence-corrected chi connectivity index (χ3v) is 4.51. The zero-order valence-corrected chi connectivity index (χ0v) is 14.6. The first-order valence-electron chi connectivity index (χ1n) is 8.46. The molecule has 3 aromatic carbocycles. The average Bonchev–Trinajstić information content (AvgIpc) is 3.10. The molecular formula is C21H12F6N2. The van der Waals surface area contributed by atoms with E-state index in [9.17, 15) is 26.3 Å². The molecular weight excluding hydrogens is 394 g/mol. The number of imidazole rings is 1. The fraction of sp³-hybridized carbons (Fsp3) is 0.0952. The van der Waals surface area contributed by atoms with Gasteiger partial charge < -0.3 is 4.98 Å². The number of rotatable bonds is 2. The summed E-state index contributed by atoms with van der Waals surface area (Å²) >= 11 is 0. The van der Waals surface area contributed by atoms with E-state index in [0.717, 1.165) is 24.3 Å². The molecule has 29 heavy (non-hydrogen) atoms. The number of alkyl halides is 6. The molecule has 8 heteroatoms. The van der Waals surface area contributed by atoms with E-state index in [1.54, 1.807) is 24.3 Å².